The average molecular weight is 236 g/mol. The monoisotopic (exact) mass is 236 g/mol. The van der Waals surface area contributed by atoms with Crippen LogP contribution in [0.2, 0.25) is 0 Å². The van der Waals surface area contributed by atoms with Crippen LogP contribution < -0.4 is 5.73 Å². The van der Waals surface area contributed by atoms with E-state index in [2.05, 4.69) is 9.97 Å². The van der Waals surface area contributed by atoms with Crippen LogP contribution in [0.15, 0.2) is 6.20 Å². The average Bonchev–Trinajstić information content (AvgIpc) is 2.28. The van der Waals surface area contributed by atoms with Gasteiger partial charge in [-0.15, -0.1) is 0 Å². The van der Waals surface area contributed by atoms with Gasteiger partial charge in [-0.2, -0.15) is 0 Å². The highest BCUT2D eigenvalue weighted by Gasteiger charge is 2.17. The Bertz CT molecular complexity index is 403. The fourth-order valence-electron chi connectivity index (χ4n) is 1.47. The van der Waals surface area contributed by atoms with E-state index in [9.17, 15) is 4.79 Å². The van der Waals surface area contributed by atoms with Gasteiger partial charge in [-0.05, 0) is 6.42 Å². The Hall–Kier alpha value is -1.65. The fraction of sp³-hybridized carbons (Fsp3) is 0.583. The number of hydrogen-bond donors (Lipinski definition) is 1. The van der Waals surface area contributed by atoms with E-state index in [0.29, 0.717) is 23.8 Å². The Labute approximate surface area is 102 Å². The second-order valence-electron chi connectivity index (χ2n) is 4.41. The summed E-state index contributed by atoms with van der Waals surface area (Å²) in [4.78, 5) is 22.1. The predicted molar refractivity (Wildman–Crippen MR) is 67.8 cm³/mol. The van der Waals surface area contributed by atoms with Crippen LogP contribution >= 0.6 is 0 Å². The second-order valence-corrected chi connectivity index (χ2v) is 4.41. The minimum absolute atomic E-state index is 0.145. The van der Waals surface area contributed by atoms with Crippen LogP contribution in [0, 0.1) is 0 Å². The molecule has 1 rings (SSSR count). The highest BCUT2D eigenvalue weighted by atomic mass is 16.2. The van der Waals surface area contributed by atoms with Gasteiger partial charge in [0.05, 0.1) is 11.9 Å². The first kappa shape index (κ1) is 13.4. The molecule has 5 nitrogen and oxygen atoms in total. The number of nitrogens with two attached hydrogens (primary N) is 1. The van der Waals surface area contributed by atoms with Gasteiger partial charge in [0.25, 0.3) is 5.91 Å². The van der Waals surface area contributed by atoms with Gasteiger partial charge in [-0.3, -0.25) is 4.79 Å². The first-order chi connectivity index (χ1) is 7.97. The van der Waals surface area contributed by atoms with Crippen molar-refractivity contribution < 1.29 is 4.79 Å². The normalized spacial score (nSPS) is 10.6. The van der Waals surface area contributed by atoms with E-state index in [1.54, 1.807) is 11.9 Å². The smallest absolute Gasteiger partial charge is 0.274 e. The van der Waals surface area contributed by atoms with Gasteiger partial charge < -0.3 is 10.6 Å². The van der Waals surface area contributed by atoms with Gasteiger partial charge >= 0.3 is 0 Å². The summed E-state index contributed by atoms with van der Waals surface area (Å²) in [6.07, 6.45) is 2.42. The first-order valence-corrected chi connectivity index (χ1v) is 5.85. The number of hydrogen-bond acceptors (Lipinski definition) is 4. The number of carbonyl (C=O) groups excluding carboxylic acids is 1. The molecule has 0 spiro atoms. The lowest BCUT2D eigenvalue weighted by atomic mass is 10.2. The van der Waals surface area contributed by atoms with Crippen LogP contribution in [0.1, 0.15) is 49.4 Å². The molecule has 1 aromatic heterocycles. The van der Waals surface area contributed by atoms with Crippen LogP contribution in [-0.4, -0.2) is 34.4 Å². The summed E-state index contributed by atoms with van der Waals surface area (Å²) in [6, 6.07) is 0. The quantitative estimate of drug-likeness (QED) is 0.863. The molecular weight excluding hydrogens is 216 g/mol. The second kappa shape index (κ2) is 5.61. The molecule has 2 N–H and O–H groups in total. The SMILES string of the molecule is CCCN(C)C(=O)c1nc(C(C)C)ncc1N. The van der Waals surface area contributed by atoms with E-state index in [0.717, 1.165) is 6.42 Å². The molecule has 0 bridgehead atoms. The number of anilines is 1. The third-order valence-electron chi connectivity index (χ3n) is 2.46. The number of carbonyl (C=O) groups is 1. The summed E-state index contributed by atoms with van der Waals surface area (Å²) in [5.41, 5.74) is 6.39. The maximum atomic E-state index is 12.1. The van der Waals surface area contributed by atoms with Crippen molar-refractivity contribution in [3.05, 3.63) is 17.7 Å². The minimum Gasteiger partial charge on any atom is -0.396 e. The van der Waals surface area contributed by atoms with Gasteiger partial charge in [0.2, 0.25) is 0 Å². The number of rotatable bonds is 4. The molecule has 1 heterocycles. The highest BCUT2D eigenvalue weighted by molar-refractivity contribution is 5.96. The number of nitrogens with zero attached hydrogens (tertiary/aromatic N) is 3. The molecule has 0 aliphatic rings. The molecule has 1 aromatic rings. The van der Waals surface area contributed by atoms with Gasteiger partial charge in [0, 0.05) is 19.5 Å². The molecule has 0 saturated heterocycles. The summed E-state index contributed by atoms with van der Waals surface area (Å²) in [7, 11) is 1.75. The van der Waals surface area contributed by atoms with Crippen LogP contribution in [0.4, 0.5) is 5.69 Å². The summed E-state index contributed by atoms with van der Waals surface area (Å²) < 4.78 is 0. The molecule has 0 unspecified atom stereocenters. The van der Waals surface area contributed by atoms with Crippen molar-refractivity contribution in [1.29, 1.82) is 0 Å². The molecular formula is C12H20N4O. The summed E-state index contributed by atoms with van der Waals surface area (Å²) in [5.74, 6) is 0.680. The number of amides is 1. The molecule has 0 aliphatic heterocycles. The van der Waals surface area contributed by atoms with E-state index in [-0.39, 0.29) is 11.8 Å². The van der Waals surface area contributed by atoms with Crippen molar-refractivity contribution in [3.8, 4) is 0 Å². The Kier molecular flexibility index (Phi) is 4.43. The van der Waals surface area contributed by atoms with Gasteiger partial charge in [0.1, 0.15) is 5.82 Å². The summed E-state index contributed by atoms with van der Waals surface area (Å²) >= 11 is 0. The predicted octanol–water partition coefficient (Wildman–Crippen LogP) is 1.66. The Balaban J connectivity index is 3.03. The third-order valence-corrected chi connectivity index (χ3v) is 2.46. The van der Waals surface area contributed by atoms with Crippen molar-refractivity contribution in [1.82, 2.24) is 14.9 Å². The van der Waals surface area contributed by atoms with Crippen molar-refractivity contribution in [2.75, 3.05) is 19.3 Å². The fourth-order valence-corrected chi connectivity index (χ4v) is 1.47. The van der Waals surface area contributed by atoms with E-state index < -0.39 is 0 Å². The minimum atomic E-state index is -0.145. The molecule has 1 amide bonds. The lowest BCUT2D eigenvalue weighted by molar-refractivity contribution is 0.0790. The largest absolute Gasteiger partial charge is 0.396 e. The molecule has 94 valence electrons. The van der Waals surface area contributed by atoms with Crippen LogP contribution in [0.3, 0.4) is 0 Å². The zero-order valence-corrected chi connectivity index (χ0v) is 10.9. The molecule has 5 heteroatoms. The summed E-state index contributed by atoms with van der Waals surface area (Å²) in [6.45, 7) is 6.68. The maximum Gasteiger partial charge on any atom is 0.274 e. The van der Waals surface area contributed by atoms with Crippen LogP contribution in [0.25, 0.3) is 0 Å². The van der Waals surface area contributed by atoms with Crippen molar-refractivity contribution in [3.63, 3.8) is 0 Å². The highest BCUT2D eigenvalue weighted by Crippen LogP contribution is 2.15. The summed E-state index contributed by atoms with van der Waals surface area (Å²) in [5, 5.41) is 0. The molecule has 0 radical (unpaired) electrons. The van der Waals surface area contributed by atoms with E-state index >= 15 is 0 Å². The lowest BCUT2D eigenvalue weighted by Gasteiger charge is -2.17. The Morgan fingerprint density at radius 3 is 2.71 bits per heavy atom. The molecule has 17 heavy (non-hydrogen) atoms. The molecule has 0 aliphatic carbocycles. The van der Waals surface area contributed by atoms with E-state index in [4.69, 9.17) is 5.73 Å². The number of aromatic nitrogens is 2. The van der Waals surface area contributed by atoms with Crippen molar-refractivity contribution >= 4 is 11.6 Å². The van der Waals surface area contributed by atoms with E-state index in [1.807, 2.05) is 20.8 Å². The Morgan fingerprint density at radius 1 is 1.53 bits per heavy atom. The van der Waals surface area contributed by atoms with Crippen molar-refractivity contribution in [2.45, 2.75) is 33.1 Å². The zero-order valence-electron chi connectivity index (χ0n) is 10.9. The zero-order chi connectivity index (χ0) is 13.0. The molecule has 0 fully saturated rings. The van der Waals surface area contributed by atoms with Crippen LogP contribution in [-0.2, 0) is 0 Å². The van der Waals surface area contributed by atoms with Crippen molar-refractivity contribution in [2.24, 2.45) is 0 Å². The number of nitrogen functional groups attached to an aromatic ring is 1. The van der Waals surface area contributed by atoms with Gasteiger partial charge in [-0.1, -0.05) is 20.8 Å². The van der Waals surface area contributed by atoms with Crippen LogP contribution in [0.5, 0.6) is 0 Å². The standard InChI is InChI=1S/C12H20N4O/c1-5-6-16(4)12(17)10-9(13)7-14-11(15-10)8(2)3/h7-8H,5-6,13H2,1-4H3. The topological polar surface area (TPSA) is 72.1 Å². The van der Waals surface area contributed by atoms with Gasteiger partial charge in [-0.25, -0.2) is 9.97 Å². The van der Waals surface area contributed by atoms with E-state index in [1.165, 1.54) is 6.20 Å². The first-order valence-electron chi connectivity index (χ1n) is 5.85. The Morgan fingerprint density at radius 2 is 2.18 bits per heavy atom. The lowest BCUT2D eigenvalue weighted by Crippen LogP contribution is -2.29. The molecule has 0 aromatic carbocycles. The third kappa shape index (κ3) is 3.15. The van der Waals surface area contributed by atoms with Gasteiger partial charge in [0.15, 0.2) is 5.69 Å². The maximum absolute atomic E-state index is 12.1. The molecule has 0 saturated carbocycles. The molecule has 0 atom stereocenters.